The largest absolute Gasteiger partial charge is 0.349 e. The lowest BCUT2D eigenvalue weighted by Gasteiger charge is -2.38. The first-order valence-electron chi connectivity index (χ1n) is 5.94. The number of carbonyl (C=O) groups is 1. The van der Waals surface area contributed by atoms with Crippen LogP contribution in [-0.2, 0) is 0 Å². The number of nitrogens with one attached hydrogen (secondary N) is 2. The van der Waals surface area contributed by atoms with Gasteiger partial charge in [-0.05, 0) is 25.1 Å². The van der Waals surface area contributed by atoms with Crippen LogP contribution in [-0.4, -0.2) is 31.7 Å². The molecule has 1 fully saturated rings. The Labute approximate surface area is 115 Å². The molecule has 0 spiro atoms. The maximum Gasteiger partial charge on any atom is 0.256 e. The van der Waals surface area contributed by atoms with Gasteiger partial charge in [-0.25, -0.2) is 0 Å². The van der Waals surface area contributed by atoms with Crippen LogP contribution in [0.5, 0.6) is 0 Å². The molecule has 0 bridgehead atoms. The van der Waals surface area contributed by atoms with Gasteiger partial charge in [0.1, 0.15) is 6.17 Å². The minimum absolute atomic E-state index is 0.0227. The Morgan fingerprint density at radius 1 is 1.28 bits per heavy atom. The van der Waals surface area contributed by atoms with Crippen molar-refractivity contribution in [1.29, 1.82) is 0 Å². The fourth-order valence-corrected chi connectivity index (χ4v) is 3.12. The molecule has 0 radical (unpaired) electrons. The van der Waals surface area contributed by atoms with Crippen LogP contribution in [0.25, 0.3) is 0 Å². The van der Waals surface area contributed by atoms with Crippen molar-refractivity contribution in [3.05, 3.63) is 27.7 Å². The smallest absolute Gasteiger partial charge is 0.256 e. The van der Waals surface area contributed by atoms with Crippen molar-refractivity contribution >= 4 is 34.8 Å². The zero-order valence-corrected chi connectivity index (χ0v) is 11.2. The topological polar surface area (TPSA) is 44.4 Å². The number of anilines is 1. The number of hydrogen-bond donors (Lipinski definition) is 2. The van der Waals surface area contributed by atoms with Crippen LogP contribution in [0, 0.1) is 0 Å². The molecule has 2 heterocycles. The average Bonchev–Trinajstić information content (AvgIpc) is 2.53. The van der Waals surface area contributed by atoms with E-state index >= 15 is 0 Å². The summed E-state index contributed by atoms with van der Waals surface area (Å²) in [4.78, 5) is 14.3. The highest BCUT2D eigenvalue weighted by atomic mass is 35.5. The molecule has 4 nitrogen and oxygen atoms in total. The molecular weight excluding hydrogens is 273 g/mol. The van der Waals surface area contributed by atoms with Crippen LogP contribution in [0.15, 0.2) is 12.1 Å². The van der Waals surface area contributed by atoms with E-state index in [9.17, 15) is 4.79 Å². The quantitative estimate of drug-likeness (QED) is 0.765. The van der Waals surface area contributed by atoms with Crippen molar-refractivity contribution < 1.29 is 4.79 Å². The zero-order chi connectivity index (χ0) is 12.7. The van der Waals surface area contributed by atoms with E-state index in [0.717, 1.165) is 31.7 Å². The molecule has 0 unspecified atom stereocenters. The predicted octanol–water partition coefficient (Wildman–Crippen LogP) is 1.86. The monoisotopic (exact) mass is 285 g/mol. The minimum atomic E-state index is -0.116. The third-order valence-corrected chi connectivity index (χ3v) is 3.88. The molecule has 1 amide bonds. The number of fused-ring (bicyclic) bond motifs is 3. The summed E-state index contributed by atoms with van der Waals surface area (Å²) in [5, 5.41) is 7.28. The van der Waals surface area contributed by atoms with Gasteiger partial charge in [-0.2, -0.15) is 0 Å². The number of nitrogens with zero attached hydrogens (tertiary/aromatic N) is 1. The molecule has 2 aliphatic rings. The van der Waals surface area contributed by atoms with Gasteiger partial charge in [0.2, 0.25) is 0 Å². The zero-order valence-electron chi connectivity index (χ0n) is 9.67. The van der Waals surface area contributed by atoms with E-state index in [4.69, 9.17) is 23.2 Å². The molecule has 1 aromatic rings. The van der Waals surface area contributed by atoms with E-state index in [1.165, 1.54) is 0 Å². The molecule has 0 aromatic heterocycles. The van der Waals surface area contributed by atoms with Gasteiger partial charge in [0.05, 0.1) is 16.3 Å². The van der Waals surface area contributed by atoms with E-state index in [2.05, 4.69) is 15.5 Å². The second kappa shape index (κ2) is 4.61. The highest BCUT2D eigenvalue weighted by Crippen LogP contribution is 2.35. The summed E-state index contributed by atoms with van der Waals surface area (Å²) in [7, 11) is 0. The van der Waals surface area contributed by atoms with Crippen LogP contribution in [0.1, 0.15) is 16.8 Å². The lowest BCUT2D eigenvalue weighted by molar-refractivity contribution is 0.0926. The first-order valence-corrected chi connectivity index (χ1v) is 6.69. The average molecular weight is 286 g/mol. The molecule has 1 atom stereocenters. The summed E-state index contributed by atoms with van der Waals surface area (Å²) in [6.07, 6.45) is 0.893. The number of hydrogen-bond acceptors (Lipinski definition) is 3. The van der Waals surface area contributed by atoms with Crippen LogP contribution in [0.4, 0.5) is 5.69 Å². The molecule has 18 heavy (non-hydrogen) atoms. The number of amides is 1. The van der Waals surface area contributed by atoms with Crippen molar-refractivity contribution in [2.75, 3.05) is 24.5 Å². The summed E-state index contributed by atoms with van der Waals surface area (Å²) in [6, 6.07) is 3.43. The van der Waals surface area contributed by atoms with Gasteiger partial charge in [0.15, 0.2) is 0 Å². The van der Waals surface area contributed by atoms with E-state index < -0.39 is 0 Å². The predicted molar refractivity (Wildman–Crippen MR) is 72.5 cm³/mol. The number of rotatable bonds is 0. The maximum absolute atomic E-state index is 12.1. The van der Waals surface area contributed by atoms with Crippen molar-refractivity contribution in [3.8, 4) is 0 Å². The molecule has 3 rings (SSSR count). The van der Waals surface area contributed by atoms with Crippen LogP contribution >= 0.6 is 23.2 Å². The second-order valence-electron chi connectivity index (χ2n) is 4.50. The Hall–Kier alpha value is -0.970. The fourth-order valence-electron chi connectivity index (χ4n) is 2.55. The van der Waals surface area contributed by atoms with Gasteiger partial charge in [-0.3, -0.25) is 4.79 Å². The summed E-state index contributed by atoms with van der Waals surface area (Å²) < 4.78 is 0. The van der Waals surface area contributed by atoms with E-state index in [-0.39, 0.29) is 12.1 Å². The van der Waals surface area contributed by atoms with E-state index in [0.29, 0.717) is 15.6 Å². The van der Waals surface area contributed by atoms with Crippen molar-refractivity contribution in [1.82, 2.24) is 10.6 Å². The normalized spacial score (nSPS) is 22.9. The Kier molecular flexibility index (Phi) is 3.09. The highest BCUT2D eigenvalue weighted by molar-refractivity contribution is 6.38. The van der Waals surface area contributed by atoms with E-state index in [1.54, 1.807) is 6.07 Å². The number of benzene rings is 1. The maximum atomic E-state index is 12.1. The minimum Gasteiger partial charge on any atom is -0.349 e. The van der Waals surface area contributed by atoms with Gasteiger partial charge in [-0.15, -0.1) is 0 Å². The standard InChI is InChI=1S/C12H13Cl2N3O/c13-7-5-8(14)11-9(6-7)17-4-3-15-2-1-10(17)16-12(11)18/h5-6,10,15H,1-4H2,(H,16,18)/t10-/m0/s1. The van der Waals surface area contributed by atoms with Crippen molar-refractivity contribution in [2.45, 2.75) is 12.6 Å². The first-order chi connectivity index (χ1) is 8.66. The molecule has 2 aliphatic heterocycles. The lowest BCUT2D eigenvalue weighted by atomic mass is 10.1. The summed E-state index contributed by atoms with van der Waals surface area (Å²) in [5.41, 5.74) is 1.36. The van der Waals surface area contributed by atoms with Crippen LogP contribution < -0.4 is 15.5 Å². The number of carbonyl (C=O) groups excluding carboxylic acids is 1. The first kappa shape index (κ1) is 12.1. The summed E-state index contributed by atoms with van der Waals surface area (Å²) >= 11 is 12.2. The number of halogens is 2. The summed E-state index contributed by atoms with van der Waals surface area (Å²) in [6.45, 7) is 2.61. The molecular formula is C12H13Cl2N3O. The van der Waals surface area contributed by atoms with Gasteiger partial charge < -0.3 is 15.5 Å². The van der Waals surface area contributed by atoms with Gasteiger partial charge in [-0.1, -0.05) is 23.2 Å². The van der Waals surface area contributed by atoms with Crippen molar-refractivity contribution in [3.63, 3.8) is 0 Å². The highest BCUT2D eigenvalue weighted by Gasteiger charge is 2.33. The third kappa shape index (κ3) is 1.94. The molecule has 0 aliphatic carbocycles. The SMILES string of the molecule is O=C1N[C@@H]2CCNCCN2c2cc(Cl)cc(Cl)c21. The Morgan fingerprint density at radius 2 is 2.11 bits per heavy atom. The Balaban J connectivity index is 2.12. The Bertz CT molecular complexity index is 506. The lowest BCUT2D eigenvalue weighted by Crippen LogP contribution is -2.53. The van der Waals surface area contributed by atoms with Gasteiger partial charge in [0.25, 0.3) is 5.91 Å². The van der Waals surface area contributed by atoms with Gasteiger partial charge in [0, 0.05) is 18.1 Å². The second-order valence-corrected chi connectivity index (χ2v) is 5.35. The molecule has 96 valence electrons. The van der Waals surface area contributed by atoms with Gasteiger partial charge >= 0.3 is 0 Å². The van der Waals surface area contributed by atoms with E-state index in [1.807, 2.05) is 6.07 Å². The molecule has 0 saturated carbocycles. The molecule has 1 saturated heterocycles. The fraction of sp³-hybridized carbons (Fsp3) is 0.417. The Morgan fingerprint density at radius 3 is 2.94 bits per heavy atom. The molecule has 2 N–H and O–H groups in total. The molecule has 1 aromatic carbocycles. The van der Waals surface area contributed by atoms with Crippen molar-refractivity contribution in [2.24, 2.45) is 0 Å². The van der Waals surface area contributed by atoms with Crippen LogP contribution in [0.2, 0.25) is 10.0 Å². The third-order valence-electron chi connectivity index (χ3n) is 3.37. The van der Waals surface area contributed by atoms with Crippen LogP contribution in [0.3, 0.4) is 0 Å². The molecule has 6 heteroatoms. The summed E-state index contributed by atoms with van der Waals surface area (Å²) in [5.74, 6) is -0.116.